The lowest BCUT2D eigenvalue weighted by Gasteiger charge is -2.11. The van der Waals surface area contributed by atoms with Crippen LogP contribution >= 0.6 is 0 Å². The SMILES string of the molecule is Cc1ccc(S(=O)(=O)CCCNC2CCNC2)cc1. The predicted octanol–water partition coefficient (Wildman–Crippen LogP) is 1.11. The van der Waals surface area contributed by atoms with Gasteiger partial charge >= 0.3 is 0 Å². The normalized spacial score (nSPS) is 19.7. The zero-order valence-electron chi connectivity index (χ0n) is 11.4. The molecule has 19 heavy (non-hydrogen) atoms. The molecule has 1 aromatic carbocycles. The Morgan fingerprint density at radius 1 is 1.32 bits per heavy atom. The first-order chi connectivity index (χ1) is 9.08. The Morgan fingerprint density at radius 3 is 2.68 bits per heavy atom. The molecule has 2 rings (SSSR count). The van der Waals surface area contributed by atoms with Gasteiger partial charge in [-0.1, -0.05) is 17.7 Å². The molecular formula is C14H22N2O2S. The lowest BCUT2D eigenvalue weighted by molar-refractivity contribution is 0.540. The summed E-state index contributed by atoms with van der Waals surface area (Å²) < 4.78 is 24.2. The van der Waals surface area contributed by atoms with Crippen molar-refractivity contribution in [2.24, 2.45) is 0 Å². The maximum absolute atomic E-state index is 12.1. The molecule has 1 aromatic rings. The molecule has 106 valence electrons. The van der Waals surface area contributed by atoms with Gasteiger partial charge in [0.25, 0.3) is 0 Å². The van der Waals surface area contributed by atoms with Gasteiger partial charge in [-0.05, 0) is 45.0 Å². The van der Waals surface area contributed by atoms with E-state index in [1.807, 2.05) is 19.1 Å². The van der Waals surface area contributed by atoms with E-state index >= 15 is 0 Å². The van der Waals surface area contributed by atoms with Crippen molar-refractivity contribution in [2.45, 2.75) is 30.7 Å². The number of nitrogens with one attached hydrogen (secondary N) is 2. The molecule has 1 aliphatic heterocycles. The number of sulfone groups is 1. The Labute approximate surface area is 115 Å². The first-order valence-corrected chi connectivity index (χ1v) is 8.47. The smallest absolute Gasteiger partial charge is 0.178 e. The minimum absolute atomic E-state index is 0.212. The molecule has 1 saturated heterocycles. The van der Waals surface area contributed by atoms with E-state index in [1.165, 1.54) is 0 Å². The standard InChI is InChI=1S/C14H22N2O2S/c1-12-3-5-14(6-4-12)19(17,18)10-2-8-16-13-7-9-15-11-13/h3-6,13,15-16H,2,7-11H2,1H3. The van der Waals surface area contributed by atoms with Gasteiger partial charge in [0.15, 0.2) is 9.84 Å². The van der Waals surface area contributed by atoms with E-state index in [4.69, 9.17) is 0 Å². The van der Waals surface area contributed by atoms with Crippen LogP contribution in [0, 0.1) is 6.92 Å². The lowest BCUT2D eigenvalue weighted by atomic mass is 10.2. The van der Waals surface area contributed by atoms with E-state index in [0.717, 1.165) is 31.6 Å². The van der Waals surface area contributed by atoms with Gasteiger partial charge in [0.1, 0.15) is 0 Å². The molecule has 0 bridgehead atoms. The number of rotatable bonds is 6. The van der Waals surface area contributed by atoms with Gasteiger partial charge in [-0.15, -0.1) is 0 Å². The average Bonchev–Trinajstić information content (AvgIpc) is 2.88. The number of benzene rings is 1. The molecule has 0 aliphatic carbocycles. The van der Waals surface area contributed by atoms with E-state index in [1.54, 1.807) is 12.1 Å². The monoisotopic (exact) mass is 282 g/mol. The highest BCUT2D eigenvalue weighted by Crippen LogP contribution is 2.12. The van der Waals surface area contributed by atoms with Gasteiger partial charge in [0.05, 0.1) is 10.6 Å². The second-order valence-corrected chi connectivity index (χ2v) is 7.24. The molecule has 0 amide bonds. The molecule has 1 atom stereocenters. The zero-order chi connectivity index (χ0) is 13.7. The fourth-order valence-electron chi connectivity index (χ4n) is 2.26. The lowest BCUT2D eigenvalue weighted by Crippen LogP contribution is -2.32. The average molecular weight is 282 g/mol. The molecule has 2 N–H and O–H groups in total. The van der Waals surface area contributed by atoms with Crippen molar-refractivity contribution < 1.29 is 8.42 Å². The third kappa shape index (κ3) is 4.30. The summed E-state index contributed by atoms with van der Waals surface area (Å²) in [6.45, 7) is 4.76. The van der Waals surface area contributed by atoms with Crippen LogP contribution in [0.4, 0.5) is 0 Å². The summed E-state index contributed by atoms with van der Waals surface area (Å²) in [5, 5.41) is 6.67. The Kier molecular flexibility index (Phi) is 4.96. The topological polar surface area (TPSA) is 58.2 Å². The summed E-state index contributed by atoms with van der Waals surface area (Å²) >= 11 is 0. The molecule has 1 unspecified atom stereocenters. The largest absolute Gasteiger partial charge is 0.315 e. The van der Waals surface area contributed by atoms with E-state index in [2.05, 4.69) is 10.6 Å². The fraction of sp³-hybridized carbons (Fsp3) is 0.571. The molecule has 5 heteroatoms. The summed E-state index contributed by atoms with van der Waals surface area (Å²) in [6.07, 6.45) is 1.79. The zero-order valence-corrected chi connectivity index (χ0v) is 12.2. The van der Waals surface area contributed by atoms with Gasteiger partial charge < -0.3 is 10.6 Å². The molecule has 1 heterocycles. The molecule has 1 aliphatic rings. The Hall–Kier alpha value is -0.910. The van der Waals surface area contributed by atoms with Crippen LogP contribution < -0.4 is 10.6 Å². The first kappa shape index (κ1) is 14.5. The second-order valence-electron chi connectivity index (χ2n) is 5.13. The van der Waals surface area contributed by atoms with Crippen molar-refractivity contribution in [3.8, 4) is 0 Å². The third-order valence-electron chi connectivity index (χ3n) is 3.46. The van der Waals surface area contributed by atoms with Crippen LogP contribution in [0.1, 0.15) is 18.4 Å². The molecule has 0 radical (unpaired) electrons. The summed E-state index contributed by atoms with van der Waals surface area (Å²) in [5.74, 6) is 0.212. The summed E-state index contributed by atoms with van der Waals surface area (Å²) in [4.78, 5) is 0.431. The minimum atomic E-state index is -3.13. The highest BCUT2D eigenvalue weighted by atomic mass is 32.2. The van der Waals surface area contributed by atoms with Crippen LogP contribution in [0.5, 0.6) is 0 Å². The van der Waals surface area contributed by atoms with Crippen LogP contribution in [-0.2, 0) is 9.84 Å². The number of hydrogen-bond donors (Lipinski definition) is 2. The van der Waals surface area contributed by atoms with Crippen LogP contribution in [0.3, 0.4) is 0 Å². The summed E-state index contributed by atoms with van der Waals surface area (Å²) in [6, 6.07) is 7.57. The number of aryl methyl sites for hydroxylation is 1. The number of hydrogen-bond acceptors (Lipinski definition) is 4. The first-order valence-electron chi connectivity index (χ1n) is 6.81. The molecule has 0 saturated carbocycles. The molecule has 1 fully saturated rings. The van der Waals surface area contributed by atoms with Crippen molar-refractivity contribution in [3.63, 3.8) is 0 Å². The molecule has 0 aromatic heterocycles. The Morgan fingerprint density at radius 2 is 2.05 bits per heavy atom. The summed E-state index contributed by atoms with van der Waals surface area (Å²) in [5.41, 5.74) is 1.08. The fourth-order valence-corrected chi connectivity index (χ4v) is 3.57. The predicted molar refractivity (Wildman–Crippen MR) is 77.1 cm³/mol. The molecule has 4 nitrogen and oxygen atoms in total. The van der Waals surface area contributed by atoms with Crippen LogP contribution in [0.15, 0.2) is 29.2 Å². The van der Waals surface area contributed by atoms with Crippen molar-refractivity contribution in [3.05, 3.63) is 29.8 Å². The van der Waals surface area contributed by atoms with Gasteiger partial charge in [-0.25, -0.2) is 8.42 Å². The quantitative estimate of drug-likeness (QED) is 0.768. The Balaban J connectivity index is 1.79. The van der Waals surface area contributed by atoms with Gasteiger partial charge in [-0.2, -0.15) is 0 Å². The van der Waals surface area contributed by atoms with E-state index < -0.39 is 9.84 Å². The van der Waals surface area contributed by atoms with Crippen molar-refractivity contribution in [1.29, 1.82) is 0 Å². The minimum Gasteiger partial charge on any atom is -0.315 e. The van der Waals surface area contributed by atoms with Crippen LogP contribution in [0.25, 0.3) is 0 Å². The van der Waals surface area contributed by atoms with Gasteiger partial charge in [0, 0.05) is 12.6 Å². The maximum Gasteiger partial charge on any atom is 0.178 e. The van der Waals surface area contributed by atoms with Crippen LogP contribution in [-0.4, -0.2) is 39.8 Å². The van der Waals surface area contributed by atoms with Gasteiger partial charge in [0.2, 0.25) is 0 Å². The highest BCUT2D eigenvalue weighted by molar-refractivity contribution is 7.91. The van der Waals surface area contributed by atoms with E-state index in [9.17, 15) is 8.42 Å². The maximum atomic E-state index is 12.1. The van der Waals surface area contributed by atoms with Crippen molar-refractivity contribution >= 4 is 9.84 Å². The molecular weight excluding hydrogens is 260 g/mol. The van der Waals surface area contributed by atoms with Crippen LogP contribution in [0.2, 0.25) is 0 Å². The Bertz CT molecular complexity index is 491. The van der Waals surface area contributed by atoms with E-state index in [-0.39, 0.29) is 5.75 Å². The third-order valence-corrected chi connectivity index (χ3v) is 5.28. The van der Waals surface area contributed by atoms with Gasteiger partial charge in [-0.3, -0.25) is 0 Å². The van der Waals surface area contributed by atoms with Crippen molar-refractivity contribution in [2.75, 3.05) is 25.4 Å². The highest BCUT2D eigenvalue weighted by Gasteiger charge is 2.15. The summed E-state index contributed by atoms with van der Waals surface area (Å²) in [7, 11) is -3.13. The second kappa shape index (κ2) is 6.50. The van der Waals surface area contributed by atoms with Crippen molar-refractivity contribution in [1.82, 2.24) is 10.6 Å². The van der Waals surface area contributed by atoms with E-state index in [0.29, 0.717) is 17.4 Å². The molecule has 0 spiro atoms.